The van der Waals surface area contributed by atoms with Crippen molar-refractivity contribution >= 4 is 15.9 Å². The molecule has 0 spiro atoms. The van der Waals surface area contributed by atoms with Crippen molar-refractivity contribution < 1.29 is 13.2 Å². The van der Waals surface area contributed by atoms with E-state index >= 15 is 0 Å². The Balaban J connectivity index is 2.02. The Morgan fingerprint density at radius 1 is 1.29 bits per heavy atom. The number of amides is 1. The summed E-state index contributed by atoms with van der Waals surface area (Å²) in [6, 6.07) is 9.48. The van der Waals surface area contributed by atoms with Gasteiger partial charge in [-0.1, -0.05) is 30.3 Å². The lowest BCUT2D eigenvalue weighted by Crippen LogP contribution is -2.37. The van der Waals surface area contributed by atoms with Crippen molar-refractivity contribution in [2.75, 3.05) is 12.8 Å². The van der Waals surface area contributed by atoms with Crippen LogP contribution in [-0.2, 0) is 20.2 Å². The molecule has 2 atom stereocenters. The summed E-state index contributed by atoms with van der Waals surface area (Å²) in [4.78, 5) is 12.3. The van der Waals surface area contributed by atoms with E-state index in [1.165, 1.54) is 0 Å². The quantitative estimate of drug-likeness (QED) is 0.779. The summed E-state index contributed by atoms with van der Waals surface area (Å²) in [5.74, 6) is -0.0941. The molecule has 1 saturated heterocycles. The van der Waals surface area contributed by atoms with Crippen LogP contribution in [0.2, 0.25) is 0 Å². The number of hydrogen-bond acceptors (Lipinski definition) is 3. The fourth-order valence-electron chi connectivity index (χ4n) is 2.82. The predicted molar refractivity (Wildman–Crippen MR) is 62.8 cm³/mol. The Hall–Kier alpha value is -1.36. The highest BCUT2D eigenvalue weighted by Crippen LogP contribution is 2.60. The Morgan fingerprint density at radius 2 is 1.94 bits per heavy atom. The largest absolute Gasteiger partial charge is 0.273 e. The van der Waals surface area contributed by atoms with Crippen molar-refractivity contribution in [2.24, 2.45) is 5.92 Å². The zero-order valence-corrected chi connectivity index (χ0v) is 10.3. The molecule has 4 nitrogen and oxygen atoms in total. The number of fused-ring (bicyclic) bond motifs is 1. The van der Waals surface area contributed by atoms with Crippen LogP contribution >= 0.6 is 0 Å². The maximum absolute atomic E-state index is 12.3. The van der Waals surface area contributed by atoms with Crippen LogP contribution in [0.15, 0.2) is 30.3 Å². The topological polar surface area (TPSA) is 54.5 Å². The van der Waals surface area contributed by atoms with E-state index in [-0.39, 0.29) is 11.8 Å². The van der Waals surface area contributed by atoms with E-state index in [0.717, 1.165) is 22.5 Å². The monoisotopic (exact) mass is 251 g/mol. The highest BCUT2D eigenvalue weighted by molar-refractivity contribution is 7.88. The summed E-state index contributed by atoms with van der Waals surface area (Å²) in [7, 11) is -3.42. The van der Waals surface area contributed by atoms with E-state index in [4.69, 9.17) is 0 Å². The Bertz CT molecular complexity index is 581. The first-order valence-corrected chi connectivity index (χ1v) is 7.39. The third-order valence-corrected chi connectivity index (χ3v) is 4.90. The number of sulfonamides is 1. The van der Waals surface area contributed by atoms with E-state index < -0.39 is 15.4 Å². The molecule has 1 saturated carbocycles. The van der Waals surface area contributed by atoms with Crippen LogP contribution in [0.3, 0.4) is 0 Å². The second kappa shape index (κ2) is 3.10. The first-order chi connectivity index (χ1) is 7.96. The van der Waals surface area contributed by atoms with E-state index in [9.17, 15) is 13.2 Å². The van der Waals surface area contributed by atoms with E-state index in [1.54, 1.807) is 0 Å². The molecule has 2 fully saturated rings. The third-order valence-electron chi connectivity index (χ3n) is 3.79. The fraction of sp³-hybridized carbons (Fsp3) is 0.417. The Kier molecular flexibility index (Phi) is 1.96. The maximum atomic E-state index is 12.3. The lowest BCUT2D eigenvalue weighted by atomic mass is 9.94. The van der Waals surface area contributed by atoms with Crippen molar-refractivity contribution in [3.05, 3.63) is 35.9 Å². The molecule has 1 aliphatic carbocycles. The third kappa shape index (κ3) is 1.35. The predicted octanol–water partition coefficient (Wildman–Crippen LogP) is 0.746. The highest BCUT2D eigenvalue weighted by Gasteiger charge is 2.68. The second-order valence-corrected chi connectivity index (χ2v) is 6.74. The summed E-state index contributed by atoms with van der Waals surface area (Å²) < 4.78 is 24.0. The normalized spacial score (nSPS) is 31.5. The number of hydrogen-bond donors (Lipinski definition) is 0. The molecule has 0 N–H and O–H groups in total. The SMILES string of the molecule is CS(=O)(=O)N1C[C@@H]2C[C@@]2(c2ccccc2)C1=O. The van der Waals surface area contributed by atoms with Gasteiger partial charge in [0.15, 0.2) is 0 Å². The van der Waals surface area contributed by atoms with Gasteiger partial charge < -0.3 is 0 Å². The molecule has 17 heavy (non-hydrogen) atoms. The van der Waals surface area contributed by atoms with Crippen molar-refractivity contribution in [3.8, 4) is 0 Å². The van der Waals surface area contributed by atoms with Gasteiger partial charge in [-0.05, 0) is 17.9 Å². The zero-order chi connectivity index (χ0) is 12.3. The number of piperidine rings is 1. The molecular formula is C12H13NO3S. The molecule has 1 aromatic rings. The fourth-order valence-corrected chi connectivity index (χ4v) is 3.73. The Labute approximate surface area is 100 Å². The molecule has 0 unspecified atom stereocenters. The highest BCUT2D eigenvalue weighted by atomic mass is 32.2. The molecule has 90 valence electrons. The lowest BCUT2D eigenvalue weighted by molar-refractivity contribution is -0.126. The number of nitrogens with zero attached hydrogens (tertiary/aromatic N) is 1. The summed E-state index contributed by atoms with van der Waals surface area (Å²) in [6.07, 6.45) is 1.87. The van der Waals surface area contributed by atoms with Crippen molar-refractivity contribution in [1.82, 2.24) is 4.31 Å². The molecule has 1 amide bonds. The van der Waals surface area contributed by atoms with Gasteiger partial charge in [0.2, 0.25) is 15.9 Å². The average molecular weight is 251 g/mol. The van der Waals surface area contributed by atoms with Crippen molar-refractivity contribution in [1.29, 1.82) is 0 Å². The number of carbonyl (C=O) groups excluding carboxylic acids is 1. The van der Waals surface area contributed by atoms with Crippen LogP contribution in [-0.4, -0.2) is 31.4 Å². The zero-order valence-electron chi connectivity index (χ0n) is 9.46. The van der Waals surface area contributed by atoms with Crippen LogP contribution in [0.25, 0.3) is 0 Å². The number of benzene rings is 1. The summed E-state index contributed by atoms with van der Waals surface area (Å²) in [6.45, 7) is 0.340. The molecule has 1 heterocycles. The lowest BCUT2D eigenvalue weighted by Gasteiger charge is -2.18. The van der Waals surface area contributed by atoms with Crippen LogP contribution in [0, 0.1) is 5.92 Å². The van der Waals surface area contributed by atoms with Gasteiger partial charge in [-0.25, -0.2) is 12.7 Å². The van der Waals surface area contributed by atoms with Gasteiger partial charge in [-0.2, -0.15) is 0 Å². The van der Waals surface area contributed by atoms with Crippen LogP contribution in [0.4, 0.5) is 0 Å². The molecule has 3 rings (SSSR count). The smallest absolute Gasteiger partial charge is 0.247 e. The molecule has 0 aromatic heterocycles. The van der Waals surface area contributed by atoms with Gasteiger partial charge in [0.1, 0.15) is 0 Å². The number of carbonyl (C=O) groups is 1. The van der Waals surface area contributed by atoms with Gasteiger partial charge in [0.05, 0.1) is 11.7 Å². The minimum Gasteiger partial charge on any atom is -0.273 e. The molecule has 5 heteroatoms. The van der Waals surface area contributed by atoms with Gasteiger partial charge in [0.25, 0.3) is 0 Å². The first-order valence-electron chi connectivity index (χ1n) is 5.54. The number of rotatable bonds is 2. The Morgan fingerprint density at radius 3 is 2.47 bits per heavy atom. The summed E-state index contributed by atoms with van der Waals surface area (Å²) >= 11 is 0. The minimum atomic E-state index is -3.42. The van der Waals surface area contributed by atoms with E-state index in [1.807, 2.05) is 30.3 Å². The first kappa shape index (κ1) is 10.8. The minimum absolute atomic E-state index is 0.159. The van der Waals surface area contributed by atoms with E-state index in [0.29, 0.717) is 6.54 Å². The van der Waals surface area contributed by atoms with Crippen molar-refractivity contribution in [3.63, 3.8) is 0 Å². The summed E-state index contributed by atoms with van der Waals surface area (Å²) in [5, 5.41) is 0. The van der Waals surface area contributed by atoms with Gasteiger partial charge in [-0.3, -0.25) is 4.79 Å². The van der Waals surface area contributed by atoms with Crippen LogP contribution in [0.5, 0.6) is 0 Å². The van der Waals surface area contributed by atoms with Crippen LogP contribution in [0.1, 0.15) is 12.0 Å². The van der Waals surface area contributed by atoms with Gasteiger partial charge in [-0.15, -0.1) is 0 Å². The van der Waals surface area contributed by atoms with Crippen LogP contribution < -0.4 is 0 Å². The molecule has 0 bridgehead atoms. The van der Waals surface area contributed by atoms with E-state index in [2.05, 4.69) is 0 Å². The standard InChI is InChI=1S/C12H13NO3S/c1-17(15,16)13-8-10-7-12(10,11(13)14)9-5-3-2-4-6-9/h2-6,10H,7-8H2,1H3/t10-,12-/m0/s1. The maximum Gasteiger partial charge on any atom is 0.247 e. The molecule has 1 aliphatic heterocycles. The molecule has 0 radical (unpaired) electrons. The molecule has 2 aliphatic rings. The molecular weight excluding hydrogens is 238 g/mol. The summed E-state index contributed by atoms with van der Waals surface area (Å²) in [5.41, 5.74) is 0.394. The van der Waals surface area contributed by atoms with Gasteiger partial charge in [0, 0.05) is 6.54 Å². The van der Waals surface area contributed by atoms with Gasteiger partial charge >= 0.3 is 0 Å². The second-order valence-electron chi connectivity index (χ2n) is 4.84. The molecule has 1 aromatic carbocycles. The van der Waals surface area contributed by atoms with Crippen molar-refractivity contribution in [2.45, 2.75) is 11.8 Å². The average Bonchev–Trinajstić information content (AvgIpc) is 2.94.